The Hall–Kier alpha value is -1.35. The molecule has 2 aromatic rings. The fraction of sp³-hybridized carbons (Fsp3) is 0.111. The van der Waals surface area contributed by atoms with Crippen LogP contribution in [0.25, 0.3) is 11.3 Å². The van der Waals surface area contributed by atoms with Crippen molar-refractivity contribution >= 4 is 11.6 Å². The molecule has 0 aliphatic rings. The normalized spacial score (nSPS) is 10.3. The first-order valence-electron chi connectivity index (χ1n) is 3.80. The van der Waals surface area contributed by atoms with Crippen LogP contribution in [-0.2, 0) is 0 Å². The highest BCUT2D eigenvalue weighted by Crippen LogP contribution is 2.19. The first kappa shape index (κ1) is 8.26. The molecule has 0 spiro atoms. The van der Waals surface area contributed by atoms with Gasteiger partial charge in [-0.25, -0.2) is 9.97 Å². The zero-order valence-electron chi connectivity index (χ0n) is 6.99. The van der Waals surface area contributed by atoms with Crippen molar-refractivity contribution in [3.63, 3.8) is 0 Å². The van der Waals surface area contributed by atoms with Gasteiger partial charge >= 0.3 is 0 Å². The number of hydrogen-bond acceptors (Lipinski definition) is 3. The summed E-state index contributed by atoms with van der Waals surface area (Å²) in [5, 5.41) is 0.472. The minimum Gasteiger partial charge on any atom is -0.441 e. The van der Waals surface area contributed by atoms with Crippen LogP contribution in [0, 0.1) is 6.92 Å². The standard InChI is InChI=1S/C9H7ClN2O/c1-6-11-5-8(13-6)7-2-3-9(10)12-4-7/h2-5H,1H3. The third-order valence-electron chi connectivity index (χ3n) is 1.63. The molecule has 0 amide bonds. The topological polar surface area (TPSA) is 38.9 Å². The number of nitrogens with zero attached hydrogens (tertiary/aromatic N) is 2. The van der Waals surface area contributed by atoms with Gasteiger partial charge in [-0.2, -0.15) is 0 Å². The van der Waals surface area contributed by atoms with Crippen LogP contribution in [0.1, 0.15) is 5.89 Å². The SMILES string of the molecule is Cc1ncc(-c2ccc(Cl)nc2)o1. The van der Waals surface area contributed by atoms with Crippen molar-refractivity contribution in [3.8, 4) is 11.3 Å². The van der Waals surface area contributed by atoms with Crippen molar-refractivity contribution < 1.29 is 4.42 Å². The lowest BCUT2D eigenvalue weighted by Gasteiger charge is -1.94. The van der Waals surface area contributed by atoms with Crippen LogP contribution in [0.3, 0.4) is 0 Å². The first-order chi connectivity index (χ1) is 6.25. The van der Waals surface area contributed by atoms with E-state index in [0.29, 0.717) is 16.8 Å². The molecule has 0 aliphatic heterocycles. The summed E-state index contributed by atoms with van der Waals surface area (Å²) in [5.74, 6) is 1.35. The van der Waals surface area contributed by atoms with E-state index in [4.69, 9.17) is 16.0 Å². The van der Waals surface area contributed by atoms with Crippen molar-refractivity contribution in [2.24, 2.45) is 0 Å². The van der Waals surface area contributed by atoms with E-state index in [9.17, 15) is 0 Å². The Morgan fingerprint density at radius 3 is 2.62 bits per heavy atom. The van der Waals surface area contributed by atoms with Crippen LogP contribution < -0.4 is 0 Å². The van der Waals surface area contributed by atoms with E-state index in [2.05, 4.69) is 9.97 Å². The average molecular weight is 195 g/mol. The minimum atomic E-state index is 0.472. The molecule has 0 atom stereocenters. The number of aryl methyl sites for hydroxylation is 1. The fourth-order valence-corrected chi connectivity index (χ4v) is 1.13. The zero-order chi connectivity index (χ0) is 9.26. The molecule has 0 unspecified atom stereocenters. The molecule has 0 fully saturated rings. The van der Waals surface area contributed by atoms with E-state index in [0.717, 1.165) is 5.56 Å². The van der Waals surface area contributed by atoms with E-state index in [1.807, 2.05) is 6.07 Å². The predicted octanol–water partition coefficient (Wildman–Crippen LogP) is 2.70. The van der Waals surface area contributed by atoms with Crippen molar-refractivity contribution in [1.29, 1.82) is 0 Å². The van der Waals surface area contributed by atoms with Gasteiger partial charge in [0, 0.05) is 18.7 Å². The van der Waals surface area contributed by atoms with Crippen LogP contribution in [0.5, 0.6) is 0 Å². The highest BCUT2D eigenvalue weighted by molar-refractivity contribution is 6.29. The molecule has 0 radical (unpaired) electrons. The highest BCUT2D eigenvalue weighted by Gasteiger charge is 2.02. The summed E-state index contributed by atoms with van der Waals surface area (Å²) in [4.78, 5) is 7.93. The summed E-state index contributed by atoms with van der Waals surface area (Å²) in [7, 11) is 0. The van der Waals surface area contributed by atoms with Crippen LogP contribution in [0.4, 0.5) is 0 Å². The van der Waals surface area contributed by atoms with Gasteiger partial charge in [-0.15, -0.1) is 0 Å². The lowest BCUT2D eigenvalue weighted by molar-refractivity contribution is 0.534. The maximum atomic E-state index is 5.65. The summed E-state index contributed by atoms with van der Waals surface area (Å²) < 4.78 is 5.32. The monoisotopic (exact) mass is 194 g/mol. The Bertz CT molecular complexity index is 408. The molecule has 0 aromatic carbocycles. The fourth-order valence-electron chi connectivity index (χ4n) is 1.02. The van der Waals surface area contributed by atoms with E-state index < -0.39 is 0 Å². The van der Waals surface area contributed by atoms with Gasteiger partial charge < -0.3 is 4.42 Å². The quantitative estimate of drug-likeness (QED) is 0.656. The maximum absolute atomic E-state index is 5.65. The zero-order valence-corrected chi connectivity index (χ0v) is 7.75. The van der Waals surface area contributed by atoms with Gasteiger partial charge in [-0.05, 0) is 12.1 Å². The van der Waals surface area contributed by atoms with Crippen LogP contribution in [0.2, 0.25) is 5.15 Å². The second-order valence-electron chi connectivity index (χ2n) is 2.61. The largest absolute Gasteiger partial charge is 0.441 e. The van der Waals surface area contributed by atoms with Gasteiger partial charge in [0.25, 0.3) is 0 Å². The number of oxazole rings is 1. The van der Waals surface area contributed by atoms with E-state index in [1.165, 1.54) is 0 Å². The number of aromatic nitrogens is 2. The third kappa shape index (κ3) is 1.70. The Morgan fingerprint density at radius 2 is 2.08 bits per heavy atom. The van der Waals surface area contributed by atoms with Gasteiger partial charge in [-0.3, -0.25) is 0 Å². The summed E-state index contributed by atoms with van der Waals surface area (Å²) in [6.45, 7) is 1.80. The van der Waals surface area contributed by atoms with Crippen molar-refractivity contribution in [2.45, 2.75) is 6.92 Å². The van der Waals surface area contributed by atoms with Gasteiger partial charge in [-0.1, -0.05) is 11.6 Å². The van der Waals surface area contributed by atoms with E-state index in [1.54, 1.807) is 25.4 Å². The maximum Gasteiger partial charge on any atom is 0.191 e. The molecular weight excluding hydrogens is 188 g/mol. The molecule has 0 saturated carbocycles. The molecule has 4 heteroatoms. The van der Waals surface area contributed by atoms with Crippen LogP contribution in [-0.4, -0.2) is 9.97 Å². The second kappa shape index (κ2) is 3.18. The van der Waals surface area contributed by atoms with Crippen LogP contribution >= 0.6 is 11.6 Å². The molecule has 0 bridgehead atoms. The molecular formula is C9H7ClN2O. The number of halogens is 1. The van der Waals surface area contributed by atoms with Crippen LogP contribution in [0.15, 0.2) is 28.9 Å². The molecule has 66 valence electrons. The summed E-state index contributed by atoms with van der Waals surface area (Å²) >= 11 is 5.65. The van der Waals surface area contributed by atoms with E-state index in [-0.39, 0.29) is 0 Å². The molecule has 3 nitrogen and oxygen atoms in total. The molecule has 0 N–H and O–H groups in total. The Morgan fingerprint density at radius 1 is 1.23 bits per heavy atom. The molecule has 2 heterocycles. The first-order valence-corrected chi connectivity index (χ1v) is 4.18. The summed E-state index contributed by atoms with van der Waals surface area (Å²) in [5.41, 5.74) is 0.880. The van der Waals surface area contributed by atoms with Gasteiger partial charge in [0.05, 0.1) is 6.20 Å². The predicted molar refractivity (Wildman–Crippen MR) is 49.5 cm³/mol. The molecule has 13 heavy (non-hydrogen) atoms. The van der Waals surface area contributed by atoms with Crippen molar-refractivity contribution in [1.82, 2.24) is 9.97 Å². The Kier molecular flexibility index (Phi) is 2.02. The smallest absolute Gasteiger partial charge is 0.191 e. The molecule has 0 saturated heterocycles. The molecule has 2 aromatic heterocycles. The minimum absolute atomic E-state index is 0.472. The Balaban J connectivity index is 2.41. The molecule has 0 aliphatic carbocycles. The lowest BCUT2D eigenvalue weighted by atomic mass is 10.2. The lowest BCUT2D eigenvalue weighted by Crippen LogP contribution is -1.76. The van der Waals surface area contributed by atoms with Crippen molar-refractivity contribution in [3.05, 3.63) is 35.6 Å². The Labute approximate surface area is 80.4 Å². The summed E-state index contributed by atoms with van der Waals surface area (Å²) in [6, 6.07) is 3.56. The van der Waals surface area contributed by atoms with Crippen molar-refractivity contribution in [2.75, 3.05) is 0 Å². The summed E-state index contributed by atoms with van der Waals surface area (Å²) in [6.07, 6.45) is 3.32. The average Bonchev–Trinajstić information content (AvgIpc) is 2.53. The van der Waals surface area contributed by atoms with Gasteiger partial charge in [0.1, 0.15) is 5.15 Å². The number of hydrogen-bond donors (Lipinski definition) is 0. The molecule has 2 rings (SSSR count). The van der Waals surface area contributed by atoms with Gasteiger partial charge in [0.2, 0.25) is 0 Å². The van der Waals surface area contributed by atoms with E-state index >= 15 is 0 Å². The van der Waals surface area contributed by atoms with Gasteiger partial charge in [0.15, 0.2) is 11.7 Å². The number of pyridine rings is 1. The highest BCUT2D eigenvalue weighted by atomic mass is 35.5. The second-order valence-corrected chi connectivity index (χ2v) is 3.00. The third-order valence-corrected chi connectivity index (χ3v) is 1.86. The number of rotatable bonds is 1.